The van der Waals surface area contributed by atoms with Crippen molar-refractivity contribution < 1.29 is 13.2 Å². The quantitative estimate of drug-likeness (QED) is 0.722. The van der Waals surface area contributed by atoms with E-state index < -0.39 is 20.6 Å². The van der Waals surface area contributed by atoms with Crippen LogP contribution in [0.25, 0.3) is 0 Å². The van der Waals surface area contributed by atoms with Crippen LogP contribution in [-0.2, 0) is 14.6 Å². The van der Waals surface area contributed by atoms with E-state index in [1.807, 2.05) is 13.8 Å². The molecule has 0 fully saturated rings. The van der Waals surface area contributed by atoms with Crippen molar-refractivity contribution in [1.29, 1.82) is 0 Å². The largest absolute Gasteiger partial charge is 0.353 e. The fourth-order valence-electron chi connectivity index (χ4n) is 1.06. The van der Waals surface area contributed by atoms with Crippen molar-refractivity contribution in [3.63, 3.8) is 0 Å². The van der Waals surface area contributed by atoms with Gasteiger partial charge in [0, 0.05) is 12.8 Å². The monoisotopic (exact) mass is 264 g/mol. The van der Waals surface area contributed by atoms with Gasteiger partial charge in [0.1, 0.15) is 0 Å². The highest BCUT2D eigenvalue weighted by atomic mass is 32.2. The molecule has 102 valence electrons. The second kappa shape index (κ2) is 5.82. The molecule has 0 aromatic heterocycles. The molecule has 0 aliphatic heterocycles. The Morgan fingerprint density at radius 1 is 1.41 bits per heavy atom. The number of nitrogens with one attached hydrogen (secondary N) is 1. The van der Waals surface area contributed by atoms with Crippen molar-refractivity contribution in [2.24, 2.45) is 11.7 Å². The smallest absolute Gasteiger partial charge is 0.237 e. The minimum atomic E-state index is -3.21. The van der Waals surface area contributed by atoms with Crippen molar-refractivity contribution in [3.8, 4) is 0 Å². The van der Waals surface area contributed by atoms with Crippen molar-refractivity contribution in [1.82, 2.24) is 5.32 Å². The Morgan fingerprint density at radius 2 is 1.88 bits per heavy atom. The summed E-state index contributed by atoms with van der Waals surface area (Å²) >= 11 is 0. The van der Waals surface area contributed by atoms with Gasteiger partial charge in [-0.3, -0.25) is 4.79 Å². The molecule has 0 radical (unpaired) electrons. The van der Waals surface area contributed by atoms with Crippen LogP contribution in [0.5, 0.6) is 0 Å². The lowest BCUT2D eigenvalue weighted by Crippen LogP contribution is -2.50. The van der Waals surface area contributed by atoms with E-state index in [-0.39, 0.29) is 18.4 Å². The number of nitrogens with two attached hydrogens (primary N) is 1. The summed E-state index contributed by atoms with van der Waals surface area (Å²) in [5, 5.41) is 2.60. The maximum atomic E-state index is 11.7. The van der Waals surface area contributed by atoms with E-state index in [1.54, 1.807) is 13.8 Å². The van der Waals surface area contributed by atoms with Gasteiger partial charge in [0.15, 0.2) is 9.84 Å². The van der Waals surface area contributed by atoms with Gasteiger partial charge >= 0.3 is 0 Å². The summed E-state index contributed by atoms with van der Waals surface area (Å²) in [5.41, 5.74) is 5.75. The van der Waals surface area contributed by atoms with E-state index in [0.717, 1.165) is 12.7 Å². The van der Waals surface area contributed by atoms with Crippen LogP contribution in [0.15, 0.2) is 0 Å². The molecule has 0 aromatic rings. The van der Waals surface area contributed by atoms with Crippen LogP contribution in [0.3, 0.4) is 0 Å². The highest BCUT2D eigenvalue weighted by molar-refractivity contribution is 7.92. The molecule has 0 rings (SSSR count). The van der Waals surface area contributed by atoms with Crippen molar-refractivity contribution in [2.45, 2.75) is 44.9 Å². The van der Waals surface area contributed by atoms with Gasteiger partial charge in [-0.15, -0.1) is 0 Å². The number of rotatable bonds is 6. The topological polar surface area (TPSA) is 89.3 Å². The Hall–Kier alpha value is -0.620. The molecular weight excluding hydrogens is 240 g/mol. The van der Waals surface area contributed by atoms with Crippen LogP contribution >= 0.6 is 0 Å². The molecule has 17 heavy (non-hydrogen) atoms. The molecule has 0 spiro atoms. The summed E-state index contributed by atoms with van der Waals surface area (Å²) in [6.07, 6.45) is 1.97. The number of hydrogen-bond donors (Lipinski definition) is 2. The van der Waals surface area contributed by atoms with Gasteiger partial charge in [-0.25, -0.2) is 8.42 Å². The van der Waals surface area contributed by atoms with E-state index >= 15 is 0 Å². The molecule has 0 heterocycles. The molecule has 2 unspecified atom stereocenters. The van der Waals surface area contributed by atoms with Crippen LogP contribution in [0, 0.1) is 5.92 Å². The van der Waals surface area contributed by atoms with E-state index in [4.69, 9.17) is 5.73 Å². The zero-order valence-corrected chi connectivity index (χ0v) is 12.1. The van der Waals surface area contributed by atoms with Gasteiger partial charge in [0.25, 0.3) is 0 Å². The van der Waals surface area contributed by atoms with Crippen LogP contribution in [0.2, 0.25) is 0 Å². The van der Waals surface area contributed by atoms with Gasteiger partial charge in [0.05, 0.1) is 10.8 Å². The van der Waals surface area contributed by atoms with Gasteiger partial charge < -0.3 is 11.1 Å². The fraction of sp³-hybridized carbons (Fsp3) is 0.909. The van der Waals surface area contributed by atoms with Gasteiger partial charge in [-0.2, -0.15) is 0 Å². The fourth-order valence-corrected chi connectivity index (χ4v) is 1.40. The molecule has 0 aliphatic carbocycles. The van der Waals surface area contributed by atoms with Crippen molar-refractivity contribution in [2.75, 3.05) is 12.8 Å². The molecule has 0 aliphatic rings. The molecule has 0 saturated heterocycles. The molecule has 1 amide bonds. The first-order valence-electron chi connectivity index (χ1n) is 5.75. The Kier molecular flexibility index (Phi) is 5.61. The third-order valence-electron chi connectivity index (χ3n) is 3.25. The first-order chi connectivity index (χ1) is 7.53. The Labute approximate surface area is 104 Å². The number of hydrogen-bond acceptors (Lipinski definition) is 4. The van der Waals surface area contributed by atoms with Gasteiger partial charge in [-0.05, 0) is 19.8 Å². The van der Waals surface area contributed by atoms with Crippen molar-refractivity contribution >= 4 is 15.7 Å². The maximum Gasteiger partial charge on any atom is 0.237 e. The molecule has 2 atom stereocenters. The predicted octanol–water partition coefficient (Wildman–Crippen LogP) is 0.299. The molecular formula is C11H24N2O3S. The highest BCUT2D eigenvalue weighted by Crippen LogP contribution is 2.13. The molecule has 6 heteroatoms. The molecule has 0 aromatic carbocycles. The summed E-state index contributed by atoms with van der Waals surface area (Å²) < 4.78 is 21.9. The number of carbonyl (C=O) groups excluding carboxylic acids is 1. The number of carbonyl (C=O) groups is 1. The van der Waals surface area contributed by atoms with E-state index in [1.165, 1.54) is 0 Å². The van der Waals surface area contributed by atoms with Gasteiger partial charge in [0.2, 0.25) is 5.91 Å². The summed E-state index contributed by atoms with van der Waals surface area (Å²) in [6.45, 7) is 7.09. The lowest BCUT2D eigenvalue weighted by molar-refractivity contribution is -0.123. The first kappa shape index (κ1) is 16.4. The normalized spacial score (nSPS) is 16.4. The Balaban J connectivity index is 4.45. The number of sulfone groups is 1. The minimum absolute atomic E-state index is 0.0782. The second-order valence-corrected chi connectivity index (χ2v) is 7.81. The zero-order chi connectivity index (χ0) is 13.9. The standard InChI is InChI=1S/C11H24N2O3S/c1-6-8(2)9(12)10(14)13-7-11(3,4)17(5,15)16/h8-9H,6-7,12H2,1-5H3,(H,13,14). The Bertz CT molecular complexity index is 363. The van der Waals surface area contributed by atoms with Crippen LogP contribution in [-0.4, -0.2) is 37.9 Å². The lowest BCUT2D eigenvalue weighted by atomic mass is 9.99. The molecule has 3 N–H and O–H groups in total. The number of amides is 1. The van der Waals surface area contributed by atoms with Crippen LogP contribution in [0.4, 0.5) is 0 Å². The third kappa shape index (κ3) is 4.63. The summed E-state index contributed by atoms with van der Waals surface area (Å²) in [4.78, 5) is 11.7. The van der Waals surface area contributed by atoms with Crippen LogP contribution < -0.4 is 11.1 Å². The molecule has 0 saturated carbocycles. The van der Waals surface area contributed by atoms with E-state index in [2.05, 4.69) is 5.32 Å². The lowest BCUT2D eigenvalue weighted by Gasteiger charge is -2.25. The van der Waals surface area contributed by atoms with Crippen molar-refractivity contribution in [3.05, 3.63) is 0 Å². The van der Waals surface area contributed by atoms with E-state index in [0.29, 0.717) is 0 Å². The minimum Gasteiger partial charge on any atom is -0.353 e. The first-order valence-corrected chi connectivity index (χ1v) is 7.65. The SMILES string of the molecule is CCC(C)C(N)C(=O)NCC(C)(C)S(C)(=O)=O. The zero-order valence-electron chi connectivity index (χ0n) is 11.3. The predicted molar refractivity (Wildman–Crippen MR) is 69.4 cm³/mol. The Morgan fingerprint density at radius 3 is 2.24 bits per heavy atom. The maximum absolute atomic E-state index is 11.7. The summed E-state index contributed by atoms with van der Waals surface area (Å²) in [6, 6.07) is -0.588. The molecule has 5 nitrogen and oxygen atoms in total. The third-order valence-corrected chi connectivity index (χ3v) is 5.40. The highest BCUT2D eigenvalue weighted by Gasteiger charge is 2.31. The second-order valence-electron chi connectivity index (χ2n) is 5.16. The molecule has 0 bridgehead atoms. The van der Waals surface area contributed by atoms with Crippen LogP contribution in [0.1, 0.15) is 34.1 Å². The van der Waals surface area contributed by atoms with E-state index in [9.17, 15) is 13.2 Å². The summed E-state index contributed by atoms with van der Waals surface area (Å²) in [7, 11) is -3.21. The summed E-state index contributed by atoms with van der Waals surface area (Å²) in [5.74, 6) is -0.215. The average Bonchev–Trinajstić information content (AvgIpc) is 2.22. The average molecular weight is 264 g/mol. The van der Waals surface area contributed by atoms with Gasteiger partial charge in [-0.1, -0.05) is 20.3 Å².